The summed E-state index contributed by atoms with van der Waals surface area (Å²) in [7, 11) is 1.38. The first-order chi connectivity index (χ1) is 13.0. The Morgan fingerprint density at radius 3 is 2.48 bits per heavy atom. The number of phenols is 1. The van der Waals surface area contributed by atoms with Gasteiger partial charge in [0.05, 0.1) is 7.11 Å². The minimum atomic E-state index is -1.05. The Hall–Kier alpha value is -3.54. The summed E-state index contributed by atoms with van der Waals surface area (Å²) >= 11 is 0. The lowest BCUT2D eigenvalue weighted by Gasteiger charge is -2.15. The largest absolute Gasteiger partial charge is 0.504 e. The molecule has 6 heteroatoms. The van der Waals surface area contributed by atoms with Gasteiger partial charge in [0.25, 0.3) is 5.91 Å². The van der Waals surface area contributed by atoms with Crippen LogP contribution in [-0.2, 0) is 9.53 Å². The number of rotatable bonds is 5. The number of para-hydroxylation sites is 1. The second kappa shape index (κ2) is 7.78. The predicted octanol–water partition coefficient (Wildman–Crippen LogP) is 3.74. The molecule has 27 heavy (non-hydrogen) atoms. The van der Waals surface area contributed by atoms with Crippen molar-refractivity contribution in [2.75, 3.05) is 12.4 Å². The van der Waals surface area contributed by atoms with E-state index in [-0.39, 0.29) is 17.1 Å². The Kier molecular flexibility index (Phi) is 5.26. The second-order valence-corrected chi connectivity index (χ2v) is 5.92. The molecule has 0 aliphatic rings. The lowest BCUT2D eigenvalue weighted by atomic mass is 10.1. The highest BCUT2D eigenvalue weighted by Gasteiger charge is 2.22. The molecular formula is C21H19NO5. The molecule has 1 amide bonds. The van der Waals surface area contributed by atoms with Crippen molar-refractivity contribution in [1.82, 2.24) is 0 Å². The number of carbonyl (C=O) groups excluding carboxylic acids is 2. The molecule has 0 radical (unpaired) electrons. The van der Waals surface area contributed by atoms with E-state index in [1.165, 1.54) is 26.2 Å². The molecular weight excluding hydrogens is 346 g/mol. The standard InChI is InChI=1S/C21H19NO5/c1-13(27-21(25)16-10-6-12-18(26-2)19(16)23)20(24)22-17-11-5-8-14-7-3-4-9-15(14)17/h3-13,23H,1-2H3,(H,22,24). The zero-order valence-electron chi connectivity index (χ0n) is 14.9. The maximum atomic E-state index is 12.5. The van der Waals surface area contributed by atoms with E-state index >= 15 is 0 Å². The minimum absolute atomic E-state index is 0.0702. The number of carbonyl (C=O) groups is 2. The molecule has 0 heterocycles. The minimum Gasteiger partial charge on any atom is -0.504 e. The van der Waals surface area contributed by atoms with Gasteiger partial charge in [-0.1, -0.05) is 42.5 Å². The van der Waals surface area contributed by atoms with Gasteiger partial charge in [-0.15, -0.1) is 0 Å². The Morgan fingerprint density at radius 2 is 1.70 bits per heavy atom. The lowest BCUT2D eigenvalue weighted by molar-refractivity contribution is -0.123. The Morgan fingerprint density at radius 1 is 1.00 bits per heavy atom. The van der Waals surface area contributed by atoms with Crippen LogP contribution in [0, 0.1) is 0 Å². The molecule has 0 spiro atoms. The molecule has 138 valence electrons. The van der Waals surface area contributed by atoms with E-state index in [1.807, 2.05) is 36.4 Å². The summed E-state index contributed by atoms with van der Waals surface area (Å²) in [6, 6.07) is 17.7. The maximum absolute atomic E-state index is 12.5. The van der Waals surface area contributed by atoms with Crippen LogP contribution in [0.3, 0.4) is 0 Å². The van der Waals surface area contributed by atoms with Gasteiger partial charge in [0.2, 0.25) is 0 Å². The summed E-state index contributed by atoms with van der Waals surface area (Å²) in [4.78, 5) is 24.8. The molecule has 0 saturated heterocycles. The van der Waals surface area contributed by atoms with Crippen molar-refractivity contribution in [3.63, 3.8) is 0 Å². The number of anilines is 1. The van der Waals surface area contributed by atoms with Gasteiger partial charge in [-0.3, -0.25) is 4.79 Å². The molecule has 2 N–H and O–H groups in total. The van der Waals surface area contributed by atoms with Gasteiger partial charge in [-0.05, 0) is 30.5 Å². The van der Waals surface area contributed by atoms with E-state index in [4.69, 9.17) is 9.47 Å². The Balaban J connectivity index is 1.73. The number of hydrogen-bond acceptors (Lipinski definition) is 5. The number of ether oxygens (including phenoxy) is 2. The lowest BCUT2D eigenvalue weighted by Crippen LogP contribution is -2.30. The fourth-order valence-corrected chi connectivity index (χ4v) is 2.70. The van der Waals surface area contributed by atoms with Crippen molar-refractivity contribution in [2.45, 2.75) is 13.0 Å². The normalized spacial score (nSPS) is 11.6. The van der Waals surface area contributed by atoms with Crippen LogP contribution < -0.4 is 10.1 Å². The molecule has 0 aliphatic heterocycles. The first kappa shape index (κ1) is 18.3. The van der Waals surface area contributed by atoms with Crippen molar-refractivity contribution in [3.8, 4) is 11.5 Å². The van der Waals surface area contributed by atoms with Crippen LogP contribution in [0.4, 0.5) is 5.69 Å². The number of benzene rings is 3. The molecule has 0 aromatic heterocycles. The van der Waals surface area contributed by atoms with E-state index in [9.17, 15) is 14.7 Å². The summed E-state index contributed by atoms with van der Waals surface area (Å²) in [6.07, 6.45) is -1.05. The number of fused-ring (bicyclic) bond motifs is 1. The van der Waals surface area contributed by atoms with Crippen molar-refractivity contribution < 1.29 is 24.2 Å². The van der Waals surface area contributed by atoms with E-state index < -0.39 is 18.0 Å². The SMILES string of the molecule is COc1cccc(C(=O)OC(C)C(=O)Nc2cccc3ccccc23)c1O. The first-order valence-corrected chi connectivity index (χ1v) is 8.37. The van der Waals surface area contributed by atoms with Gasteiger partial charge >= 0.3 is 5.97 Å². The summed E-state index contributed by atoms with van der Waals surface area (Å²) in [5, 5.41) is 14.7. The van der Waals surface area contributed by atoms with Crippen molar-refractivity contribution in [2.24, 2.45) is 0 Å². The first-order valence-electron chi connectivity index (χ1n) is 8.37. The van der Waals surface area contributed by atoms with Crippen LogP contribution >= 0.6 is 0 Å². The highest BCUT2D eigenvalue weighted by Crippen LogP contribution is 2.30. The predicted molar refractivity (Wildman–Crippen MR) is 102 cm³/mol. The fraction of sp³-hybridized carbons (Fsp3) is 0.143. The second-order valence-electron chi connectivity index (χ2n) is 5.92. The van der Waals surface area contributed by atoms with Crippen LogP contribution in [0.1, 0.15) is 17.3 Å². The number of amides is 1. The quantitative estimate of drug-likeness (QED) is 0.673. The third kappa shape index (κ3) is 3.84. The zero-order valence-corrected chi connectivity index (χ0v) is 14.9. The van der Waals surface area contributed by atoms with Gasteiger partial charge in [-0.2, -0.15) is 0 Å². The molecule has 0 saturated carbocycles. The molecule has 1 unspecified atom stereocenters. The third-order valence-corrected chi connectivity index (χ3v) is 4.14. The highest BCUT2D eigenvalue weighted by atomic mass is 16.5. The number of nitrogens with one attached hydrogen (secondary N) is 1. The van der Waals surface area contributed by atoms with Crippen LogP contribution in [0.15, 0.2) is 60.7 Å². The summed E-state index contributed by atoms with van der Waals surface area (Å²) < 4.78 is 10.2. The third-order valence-electron chi connectivity index (χ3n) is 4.14. The summed E-state index contributed by atoms with van der Waals surface area (Å²) in [5.74, 6) is -1.46. The average molecular weight is 365 g/mol. The highest BCUT2D eigenvalue weighted by molar-refractivity contribution is 6.04. The van der Waals surface area contributed by atoms with Crippen LogP contribution in [-0.4, -0.2) is 30.2 Å². The van der Waals surface area contributed by atoms with Gasteiger partial charge in [0.1, 0.15) is 5.56 Å². The molecule has 6 nitrogen and oxygen atoms in total. The van der Waals surface area contributed by atoms with Crippen LogP contribution in [0.2, 0.25) is 0 Å². The molecule has 1 atom stereocenters. The molecule has 0 fully saturated rings. The Labute approximate surface area is 156 Å². The average Bonchev–Trinajstić information content (AvgIpc) is 2.68. The van der Waals surface area contributed by atoms with Gasteiger partial charge < -0.3 is 19.9 Å². The number of hydrogen-bond donors (Lipinski definition) is 2. The van der Waals surface area contributed by atoms with Crippen molar-refractivity contribution in [3.05, 3.63) is 66.2 Å². The molecule has 3 rings (SSSR count). The summed E-state index contributed by atoms with van der Waals surface area (Å²) in [5.41, 5.74) is 0.560. The zero-order chi connectivity index (χ0) is 19.4. The Bertz CT molecular complexity index is 994. The molecule has 3 aromatic rings. The number of aromatic hydroxyl groups is 1. The van der Waals surface area contributed by atoms with Gasteiger partial charge in [0, 0.05) is 11.1 Å². The molecule has 0 aliphatic carbocycles. The fourth-order valence-electron chi connectivity index (χ4n) is 2.70. The van der Waals surface area contributed by atoms with Crippen LogP contribution in [0.5, 0.6) is 11.5 Å². The van der Waals surface area contributed by atoms with Crippen molar-refractivity contribution in [1.29, 1.82) is 0 Å². The number of methoxy groups -OCH3 is 1. The molecule has 3 aromatic carbocycles. The van der Waals surface area contributed by atoms with Gasteiger partial charge in [0.15, 0.2) is 17.6 Å². The number of phenolic OH excluding ortho intramolecular Hbond substituents is 1. The smallest absolute Gasteiger partial charge is 0.342 e. The van der Waals surface area contributed by atoms with E-state index in [0.29, 0.717) is 5.69 Å². The monoisotopic (exact) mass is 365 g/mol. The molecule has 0 bridgehead atoms. The van der Waals surface area contributed by atoms with Gasteiger partial charge in [-0.25, -0.2) is 4.79 Å². The van der Waals surface area contributed by atoms with E-state index in [0.717, 1.165) is 10.8 Å². The van der Waals surface area contributed by atoms with Crippen LogP contribution in [0.25, 0.3) is 10.8 Å². The number of esters is 1. The van der Waals surface area contributed by atoms with Crippen molar-refractivity contribution >= 4 is 28.3 Å². The topological polar surface area (TPSA) is 84.9 Å². The van der Waals surface area contributed by atoms with E-state index in [2.05, 4.69) is 5.32 Å². The maximum Gasteiger partial charge on any atom is 0.342 e. The van der Waals surface area contributed by atoms with E-state index in [1.54, 1.807) is 12.1 Å². The summed E-state index contributed by atoms with van der Waals surface area (Å²) in [6.45, 7) is 1.47.